The van der Waals surface area contributed by atoms with E-state index in [0.717, 1.165) is 22.8 Å². The van der Waals surface area contributed by atoms with Crippen molar-refractivity contribution >= 4 is 5.97 Å². The molecule has 1 aromatic heterocycles. The Morgan fingerprint density at radius 1 is 1.25 bits per heavy atom. The number of rotatable bonds is 6. The molecule has 0 bridgehead atoms. The van der Waals surface area contributed by atoms with Gasteiger partial charge in [-0.2, -0.15) is 0 Å². The van der Waals surface area contributed by atoms with E-state index >= 15 is 0 Å². The molecule has 0 amide bonds. The van der Waals surface area contributed by atoms with E-state index in [1.54, 1.807) is 6.92 Å². The van der Waals surface area contributed by atoms with Crippen LogP contribution in [-0.4, -0.2) is 24.2 Å². The molecule has 1 heterocycles. The fraction of sp³-hybridized carbons (Fsp3) is 0.368. The number of hydrogen-bond donors (Lipinski definition) is 0. The molecule has 5 heteroatoms. The summed E-state index contributed by atoms with van der Waals surface area (Å²) in [6, 6.07) is 7.64. The summed E-state index contributed by atoms with van der Waals surface area (Å²) >= 11 is 0. The van der Waals surface area contributed by atoms with Crippen molar-refractivity contribution in [1.82, 2.24) is 4.98 Å². The molecular weight excluding hydrogens is 306 g/mol. The van der Waals surface area contributed by atoms with Crippen molar-refractivity contribution in [3.05, 3.63) is 47.2 Å². The van der Waals surface area contributed by atoms with E-state index in [9.17, 15) is 4.79 Å². The lowest BCUT2D eigenvalue weighted by atomic mass is 10.1. The van der Waals surface area contributed by atoms with Crippen molar-refractivity contribution in [2.75, 3.05) is 13.2 Å². The average molecular weight is 327 g/mol. The van der Waals surface area contributed by atoms with Crippen molar-refractivity contribution in [2.45, 2.75) is 33.6 Å². The third-order valence-electron chi connectivity index (χ3n) is 3.29. The Morgan fingerprint density at radius 3 is 2.62 bits per heavy atom. The lowest BCUT2D eigenvalue weighted by Gasteiger charge is -2.05. The molecule has 0 unspecified atom stereocenters. The van der Waals surface area contributed by atoms with Crippen LogP contribution in [-0.2, 0) is 22.4 Å². The van der Waals surface area contributed by atoms with E-state index in [1.807, 2.05) is 38.1 Å². The lowest BCUT2D eigenvalue weighted by molar-refractivity contribution is -0.136. The summed E-state index contributed by atoms with van der Waals surface area (Å²) in [4.78, 5) is 15.4. The van der Waals surface area contributed by atoms with Gasteiger partial charge in [-0.25, -0.2) is 9.78 Å². The second kappa shape index (κ2) is 8.78. The molecule has 5 nitrogen and oxygen atoms in total. The summed E-state index contributed by atoms with van der Waals surface area (Å²) in [6.45, 7) is 6.37. The minimum absolute atomic E-state index is 0.340. The smallest absolute Gasteiger partial charge is 0.384 e. The van der Waals surface area contributed by atoms with Crippen LogP contribution in [0, 0.1) is 25.7 Å². The zero-order valence-electron chi connectivity index (χ0n) is 14.2. The molecule has 1 aromatic carbocycles. The van der Waals surface area contributed by atoms with Crippen LogP contribution in [0.4, 0.5) is 0 Å². The van der Waals surface area contributed by atoms with Gasteiger partial charge in [0.1, 0.15) is 11.5 Å². The number of nitrogens with zero attached hydrogens (tertiary/aromatic N) is 1. The molecule has 0 saturated heterocycles. The number of carbonyl (C=O) groups is 1. The van der Waals surface area contributed by atoms with Gasteiger partial charge < -0.3 is 13.9 Å². The molecule has 0 saturated carbocycles. The first-order chi connectivity index (χ1) is 11.6. The number of oxazole rings is 1. The van der Waals surface area contributed by atoms with E-state index in [-0.39, 0.29) is 0 Å². The lowest BCUT2D eigenvalue weighted by Crippen LogP contribution is -2.02. The van der Waals surface area contributed by atoms with Gasteiger partial charge in [0.25, 0.3) is 0 Å². The van der Waals surface area contributed by atoms with Gasteiger partial charge in [-0.05, 0) is 31.5 Å². The second-order valence-corrected chi connectivity index (χ2v) is 5.18. The largest absolute Gasteiger partial charge is 0.493 e. The second-order valence-electron chi connectivity index (χ2n) is 5.18. The van der Waals surface area contributed by atoms with Crippen molar-refractivity contribution in [3.63, 3.8) is 0 Å². The number of esters is 1. The van der Waals surface area contributed by atoms with Crippen molar-refractivity contribution in [3.8, 4) is 17.6 Å². The highest BCUT2D eigenvalue weighted by molar-refractivity contribution is 5.88. The normalized spacial score (nSPS) is 9.96. The maximum atomic E-state index is 11.1. The number of hydrogen-bond acceptors (Lipinski definition) is 5. The predicted molar refractivity (Wildman–Crippen MR) is 89.7 cm³/mol. The topological polar surface area (TPSA) is 61.6 Å². The summed E-state index contributed by atoms with van der Waals surface area (Å²) in [5.74, 6) is 7.06. The summed E-state index contributed by atoms with van der Waals surface area (Å²) < 4.78 is 15.8. The number of benzene rings is 1. The molecule has 0 atom stereocenters. The summed E-state index contributed by atoms with van der Waals surface area (Å²) in [5.41, 5.74) is 1.94. The summed E-state index contributed by atoms with van der Waals surface area (Å²) in [5, 5.41) is 0. The Hall–Kier alpha value is -2.74. The van der Waals surface area contributed by atoms with E-state index in [2.05, 4.69) is 16.8 Å². The van der Waals surface area contributed by atoms with Crippen molar-refractivity contribution < 1.29 is 18.7 Å². The molecule has 0 aliphatic carbocycles. The van der Waals surface area contributed by atoms with Crippen LogP contribution in [0.2, 0.25) is 0 Å². The Morgan fingerprint density at radius 2 is 2.00 bits per heavy atom. The van der Waals surface area contributed by atoms with E-state index in [0.29, 0.717) is 31.9 Å². The standard InChI is InChI=1S/C19H21NO4/c1-4-22-19(21)7-5-6-16-8-10-17(11-9-16)23-13-12-18-14(2)24-15(3)20-18/h8-11H,4,6,12-13H2,1-3H3. The third kappa shape index (κ3) is 5.47. The SMILES string of the molecule is CCOC(=O)C#CCc1ccc(OCCc2nc(C)oc2C)cc1. The molecule has 24 heavy (non-hydrogen) atoms. The van der Waals surface area contributed by atoms with Crippen LogP contribution in [0.25, 0.3) is 0 Å². The molecule has 0 radical (unpaired) electrons. The van der Waals surface area contributed by atoms with Crippen LogP contribution in [0.5, 0.6) is 5.75 Å². The van der Waals surface area contributed by atoms with Crippen LogP contribution in [0.1, 0.15) is 29.8 Å². The predicted octanol–water partition coefficient (Wildman–Crippen LogP) is 3.02. The first kappa shape index (κ1) is 17.6. The highest BCUT2D eigenvalue weighted by Crippen LogP contribution is 2.14. The van der Waals surface area contributed by atoms with E-state index < -0.39 is 5.97 Å². The van der Waals surface area contributed by atoms with E-state index in [1.165, 1.54) is 0 Å². The van der Waals surface area contributed by atoms with Gasteiger partial charge in [-0.1, -0.05) is 18.1 Å². The monoisotopic (exact) mass is 327 g/mol. The maximum absolute atomic E-state index is 11.1. The average Bonchev–Trinajstić information content (AvgIpc) is 2.87. The van der Waals surface area contributed by atoms with Crippen LogP contribution in [0.3, 0.4) is 0 Å². The number of carbonyl (C=O) groups excluding carboxylic acids is 1. The van der Waals surface area contributed by atoms with Gasteiger partial charge in [0, 0.05) is 25.7 Å². The van der Waals surface area contributed by atoms with Gasteiger partial charge in [0.2, 0.25) is 0 Å². The first-order valence-electron chi connectivity index (χ1n) is 7.88. The number of aryl methyl sites for hydroxylation is 2. The molecule has 0 aliphatic heterocycles. The molecule has 0 aliphatic rings. The quantitative estimate of drug-likeness (QED) is 0.464. The first-order valence-corrected chi connectivity index (χ1v) is 7.88. The minimum Gasteiger partial charge on any atom is -0.493 e. The van der Waals surface area contributed by atoms with Crippen molar-refractivity contribution in [1.29, 1.82) is 0 Å². The third-order valence-corrected chi connectivity index (χ3v) is 3.29. The fourth-order valence-electron chi connectivity index (χ4n) is 2.16. The summed E-state index contributed by atoms with van der Waals surface area (Å²) in [7, 11) is 0. The fourth-order valence-corrected chi connectivity index (χ4v) is 2.16. The van der Waals surface area contributed by atoms with Crippen LogP contribution >= 0.6 is 0 Å². The zero-order chi connectivity index (χ0) is 17.4. The minimum atomic E-state index is -0.490. The highest BCUT2D eigenvalue weighted by Gasteiger charge is 2.06. The van der Waals surface area contributed by atoms with Crippen LogP contribution in [0.15, 0.2) is 28.7 Å². The number of aromatic nitrogens is 1. The Labute approximate surface area is 142 Å². The molecule has 0 spiro atoms. The molecule has 0 N–H and O–H groups in total. The van der Waals surface area contributed by atoms with Crippen LogP contribution < -0.4 is 4.74 Å². The zero-order valence-corrected chi connectivity index (χ0v) is 14.2. The Bertz CT molecular complexity index is 735. The molecule has 2 aromatic rings. The van der Waals surface area contributed by atoms with Gasteiger partial charge in [0.15, 0.2) is 5.89 Å². The summed E-state index contributed by atoms with van der Waals surface area (Å²) in [6.07, 6.45) is 1.20. The molecular formula is C19H21NO4. The van der Waals surface area contributed by atoms with Crippen molar-refractivity contribution in [2.24, 2.45) is 0 Å². The van der Waals surface area contributed by atoms with Gasteiger partial charge >= 0.3 is 5.97 Å². The van der Waals surface area contributed by atoms with Gasteiger partial charge in [-0.15, -0.1) is 0 Å². The molecule has 126 valence electrons. The van der Waals surface area contributed by atoms with Gasteiger partial charge in [-0.3, -0.25) is 0 Å². The maximum Gasteiger partial charge on any atom is 0.384 e. The van der Waals surface area contributed by atoms with Gasteiger partial charge in [0.05, 0.1) is 18.9 Å². The number of ether oxygens (including phenoxy) is 2. The molecule has 0 fully saturated rings. The molecule has 2 rings (SSSR count). The Kier molecular flexibility index (Phi) is 6.44. The Balaban J connectivity index is 1.79. The van der Waals surface area contributed by atoms with E-state index in [4.69, 9.17) is 13.9 Å². The highest BCUT2D eigenvalue weighted by atomic mass is 16.5.